The topological polar surface area (TPSA) is 63.8 Å². The normalized spacial score (nSPS) is 13.6. The first kappa shape index (κ1) is 13.0. The van der Waals surface area contributed by atoms with Gasteiger partial charge in [0, 0.05) is 15.5 Å². The highest BCUT2D eigenvalue weighted by Crippen LogP contribution is 2.40. The van der Waals surface area contributed by atoms with Crippen LogP contribution >= 0.6 is 22.9 Å². The zero-order chi connectivity index (χ0) is 14.4. The average Bonchev–Trinajstić information content (AvgIpc) is 3.07. The third-order valence-corrected chi connectivity index (χ3v) is 5.24. The predicted molar refractivity (Wildman–Crippen MR) is 87.7 cm³/mol. The molecule has 0 bridgehead atoms. The molecule has 0 amide bonds. The molecule has 21 heavy (non-hydrogen) atoms. The molecule has 0 saturated carbocycles. The molecular weight excluding hydrogens is 304 g/mol. The molecule has 2 heterocycles. The fraction of sp³-hybridized carbons (Fsp3) is 0.200. The van der Waals surface area contributed by atoms with Gasteiger partial charge in [-0.05, 0) is 49.1 Å². The number of nitrogens with one attached hydrogen (secondary N) is 1. The molecule has 6 heteroatoms. The Morgan fingerprint density at radius 3 is 2.71 bits per heavy atom. The van der Waals surface area contributed by atoms with Crippen molar-refractivity contribution in [3.8, 4) is 11.4 Å². The molecule has 0 aliphatic heterocycles. The van der Waals surface area contributed by atoms with Gasteiger partial charge in [-0.3, -0.25) is 0 Å². The van der Waals surface area contributed by atoms with E-state index in [9.17, 15) is 0 Å². The minimum absolute atomic E-state index is 0.673. The van der Waals surface area contributed by atoms with Crippen LogP contribution in [0, 0.1) is 0 Å². The Kier molecular flexibility index (Phi) is 3.06. The third kappa shape index (κ3) is 2.09. The average molecular weight is 317 g/mol. The Balaban J connectivity index is 1.94. The molecule has 0 radical (unpaired) electrons. The second kappa shape index (κ2) is 4.94. The molecular formula is C15H13ClN4S. The zero-order valence-electron chi connectivity index (χ0n) is 11.2. The van der Waals surface area contributed by atoms with E-state index < -0.39 is 0 Å². The number of hydrogen-bond donors (Lipinski definition) is 2. The lowest BCUT2D eigenvalue weighted by atomic mass is 10.1. The van der Waals surface area contributed by atoms with Crippen LogP contribution in [0.5, 0.6) is 0 Å². The van der Waals surface area contributed by atoms with E-state index in [1.165, 1.54) is 16.9 Å². The number of hydrazine groups is 1. The maximum absolute atomic E-state index is 5.93. The van der Waals surface area contributed by atoms with Gasteiger partial charge in [0.1, 0.15) is 4.83 Å². The van der Waals surface area contributed by atoms with Crippen LogP contribution in [0.25, 0.3) is 21.6 Å². The number of fused-ring (bicyclic) bond motifs is 3. The fourth-order valence-electron chi connectivity index (χ4n) is 2.83. The van der Waals surface area contributed by atoms with E-state index in [1.54, 1.807) is 11.3 Å². The molecule has 0 unspecified atom stereocenters. The van der Waals surface area contributed by atoms with Crippen LogP contribution in [0.3, 0.4) is 0 Å². The van der Waals surface area contributed by atoms with Crippen LogP contribution in [0.4, 0.5) is 5.82 Å². The number of benzene rings is 1. The molecule has 4 rings (SSSR count). The number of nitrogen functional groups attached to an aromatic ring is 1. The number of thiophene rings is 1. The van der Waals surface area contributed by atoms with Crippen molar-refractivity contribution in [2.24, 2.45) is 5.84 Å². The zero-order valence-corrected chi connectivity index (χ0v) is 12.8. The predicted octanol–water partition coefficient (Wildman–Crippen LogP) is 3.79. The SMILES string of the molecule is NNc1nc(-c2ccc(Cl)cc2)nc2sc3c(c12)CCC3. The maximum atomic E-state index is 5.93. The minimum atomic E-state index is 0.673. The van der Waals surface area contributed by atoms with Gasteiger partial charge in [0.15, 0.2) is 11.6 Å². The number of nitrogens with zero attached hydrogens (tertiary/aromatic N) is 2. The standard InChI is InChI=1S/C15H13ClN4S/c16-9-6-4-8(5-7-9)13-18-14(20-17)12-10-2-1-3-11(10)21-15(12)19-13/h4-7H,1-3,17H2,(H,18,19,20). The number of rotatable bonds is 2. The molecule has 0 spiro atoms. The summed E-state index contributed by atoms with van der Waals surface area (Å²) < 4.78 is 0. The molecule has 0 atom stereocenters. The fourth-order valence-corrected chi connectivity index (χ4v) is 4.22. The molecule has 3 aromatic rings. The number of halogens is 1. The summed E-state index contributed by atoms with van der Waals surface area (Å²) >= 11 is 7.69. The summed E-state index contributed by atoms with van der Waals surface area (Å²) in [6.07, 6.45) is 3.43. The van der Waals surface area contributed by atoms with Crippen molar-refractivity contribution < 1.29 is 0 Å². The Morgan fingerprint density at radius 2 is 1.95 bits per heavy atom. The van der Waals surface area contributed by atoms with E-state index in [4.69, 9.17) is 22.4 Å². The van der Waals surface area contributed by atoms with Crippen molar-refractivity contribution in [2.45, 2.75) is 19.3 Å². The summed E-state index contributed by atoms with van der Waals surface area (Å²) in [5, 5.41) is 1.79. The second-order valence-electron chi connectivity index (χ2n) is 5.08. The first-order valence-corrected chi connectivity index (χ1v) is 8.00. The number of anilines is 1. The lowest BCUT2D eigenvalue weighted by Crippen LogP contribution is -2.10. The van der Waals surface area contributed by atoms with E-state index in [2.05, 4.69) is 10.4 Å². The Labute approximate surface area is 131 Å². The van der Waals surface area contributed by atoms with Crippen LogP contribution in [-0.2, 0) is 12.8 Å². The van der Waals surface area contributed by atoms with Gasteiger partial charge in [0.05, 0.1) is 5.39 Å². The molecule has 3 N–H and O–H groups in total. The van der Waals surface area contributed by atoms with Gasteiger partial charge in [0.2, 0.25) is 0 Å². The van der Waals surface area contributed by atoms with E-state index >= 15 is 0 Å². The number of hydrogen-bond acceptors (Lipinski definition) is 5. The molecule has 1 aliphatic rings. The van der Waals surface area contributed by atoms with Gasteiger partial charge in [-0.1, -0.05) is 11.6 Å². The van der Waals surface area contributed by atoms with Crippen molar-refractivity contribution >= 4 is 39.0 Å². The Hall–Kier alpha value is -1.69. The molecule has 4 nitrogen and oxygen atoms in total. The highest BCUT2D eigenvalue weighted by Gasteiger charge is 2.22. The summed E-state index contributed by atoms with van der Waals surface area (Å²) in [4.78, 5) is 11.7. The maximum Gasteiger partial charge on any atom is 0.163 e. The quantitative estimate of drug-likeness (QED) is 0.558. The third-order valence-electron chi connectivity index (χ3n) is 3.80. The van der Waals surface area contributed by atoms with Gasteiger partial charge in [0.25, 0.3) is 0 Å². The van der Waals surface area contributed by atoms with E-state index in [0.717, 1.165) is 28.6 Å². The van der Waals surface area contributed by atoms with Crippen LogP contribution < -0.4 is 11.3 Å². The first-order valence-electron chi connectivity index (χ1n) is 6.81. The van der Waals surface area contributed by atoms with Gasteiger partial charge < -0.3 is 5.43 Å². The van der Waals surface area contributed by atoms with Crippen molar-refractivity contribution in [1.29, 1.82) is 0 Å². The summed E-state index contributed by atoms with van der Waals surface area (Å²) in [6.45, 7) is 0. The second-order valence-corrected chi connectivity index (χ2v) is 6.60. The molecule has 0 saturated heterocycles. The highest BCUT2D eigenvalue weighted by atomic mass is 35.5. The molecule has 2 aromatic heterocycles. The van der Waals surface area contributed by atoms with Crippen LogP contribution in [0.2, 0.25) is 5.02 Å². The van der Waals surface area contributed by atoms with Crippen LogP contribution in [0.15, 0.2) is 24.3 Å². The van der Waals surface area contributed by atoms with E-state index in [1.807, 2.05) is 24.3 Å². The van der Waals surface area contributed by atoms with E-state index in [-0.39, 0.29) is 0 Å². The van der Waals surface area contributed by atoms with E-state index in [0.29, 0.717) is 16.7 Å². The summed E-state index contributed by atoms with van der Waals surface area (Å²) in [5.41, 5.74) is 5.04. The molecule has 1 aliphatic carbocycles. The number of aryl methyl sites for hydroxylation is 2. The first-order chi connectivity index (χ1) is 10.3. The Morgan fingerprint density at radius 1 is 1.14 bits per heavy atom. The van der Waals surface area contributed by atoms with Crippen molar-refractivity contribution in [1.82, 2.24) is 9.97 Å². The molecule has 106 valence electrons. The van der Waals surface area contributed by atoms with Crippen molar-refractivity contribution in [3.63, 3.8) is 0 Å². The number of nitrogens with two attached hydrogens (primary N) is 1. The Bertz CT molecular complexity index is 826. The highest BCUT2D eigenvalue weighted by molar-refractivity contribution is 7.19. The smallest absolute Gasteiger partial charge is 0.163 e. The monoisotopic (exact) mass is 316 g/mol. The summed E-state index contributed by atoms with van der Waals surface area (Å²) in [5.74, 6) is 7.07. The van der Waals surface area contributed by atoms with Crippen LogP contribution in [-0.4, -0.2) is 9.97 Å². The summed E-state index contributed by atoms with van der Waals surface area (Å²) in [7, 11) is 0. The van der Waals surface area contributed by atoms with Gasteiger partial charge in [-0.15, -0.1) is 11.3 Å². The van der Waals surface area contributed by atoms with Crippen LogP contribution in [0.1, 0.15) is 16.9 Å². The van der Waals surface area contributed by atoms with Gasteiger partial charge in [-0.2, -0.15) is 0 Å². The largest absolute Gasteiger partial charge is 0.308 e. The lowest BCUT2D eigenvalue weighted by Gasteiger charge is -2.07. The van der Waals surface area contributed by atoms with Gasteiger partial charge in [-0.25, -0.2) is 15.8 Å². The number of aromatic nitrogens is 2. The minimum Gasteiger partial charge on any atom is -0.308 e. The summed E-state index contributed by atoms with van der Waals surface area (Å²) in [6, 6.07) is 7.53. The molecule has 0 fully saturated rings. The van der Waals surface area contributed by atoms with Crippen molar-refractivity contribution in [3.05, 3.63) is 39.7 Å². The molecule has 1 aromatic carbocycles. The van der Waals surface area contributed by atoms with Gasteiger partial charge >= 0.3 is 0 Å². The van der Waals surface area contributed by atoms with Crippen molar-refractivity contribution in [2.75, 3.05) is 5.43 Å². The lowest BCUT2D eigenvalue weighted by molar-refractivity contribution is 0.917.